The van der Waals surface area contributed by atoms with Crippen LogP contribution in [0.4, 0.5) is 0 Å². The summed E-state index contributed by atoms with van der Waals surface area (Å²) < 4.78 is 5.55. The molecule has 18 heavy (non-hydrogen) atoms. The molecule has 3 nitrogen and oxygen atoms in total. The molecule has 0 saturated carbocycles. The molecule has 0 amide bonds. The molecule has 0 bridgehead atoms. The monoisotopic (exact) mass is 251 g/mol. The Kier molecular flexibility index (Phi) is 5.63. The lowest BCUT2D eigenvalue weighted by atomic mass is 9.92. The molecule has 1 rings (SSSR count). The number of benzene rings is 1. The van der Waals surface area contributed by atoms with E-state index < -0.39 is 5.54 Å². The van der Waals surface area contributed by atoms with Gasteiger partial charge in [-0.2, -0.15) is 0 Å². The van der Waals surface area contributed by atoms with E-state index in [9.17, 15) is 5.11 Å². The quantitative estimate of drug-likeness (QED) is 0.783. The van der Waals surface area contributed by atoms with Crippen LogP contribution in [0.25, 0.3) is 0 Å². The SMILES string of the molecule is CCCOc1ccc(C(C)(CO)NC(C)C)cc1. The van der Waals surface area contributed by atoms with Crippen LogP contribution in [0.3, 0.4) is 0 Å². The molecular weight excluding hydrogens is 226 g/mol. The molecule has 0 saturated heterocycles. The van der Waals surface area contributed by atoms with Gasteiger partial charge in [-0.25, -0.2) is 0 Å². The molecule has 1 aromatic rings. The van der Waals surface area contributed by atoms with E-state index >= 15 is 0 Å². The summed E-state index contributed by atoms with van der Waals surface area (Å²) in [5.41, 5.74) is 0.666. The number of hydrogen-bond acceptors (Lipinski definition) is 3. The molecule has 0 aliphatic carbocycles. The summed E-state index contributed by atoms with van der Waals surface area (Å²) in [4.78, 5) is 0. The fraction of sp³-hybridized carbons (Fsp3) is 0.600. The topological polar surface area (TPSA) is 41.5 Å². The first-order valence-electron chi connectivity index (χ1n) is 6.63. The van der Waals surface area contributed by atoms with E-state index in [1.807, 2.05) is 31.2 Å². The number of nitrogens with one attached hydrogen (secondary N) is 1. The molecule has 1 unspecified atom stereocenters. The van der Waals surface area contributed by atoms with Crippen molar-refractivity contribution in [2.75, 3.05) is 13.2 Å². The van der Waals surface area contributed by atoms with Gasteiger partial charge >= 0.3 is 0 Å². The predicted molar refractivity (Wildman–Crippen MR) is 74.9 cm³/mol. The fourth-order valence-corrected chi connectivity index (χ4v) is 2.00. The van der Waals surface area contributed by atoms with Gasteiger partial charge in [0.05, 0.1) is 18.8 Å². The first-order valence-corrected chi connectivity index (χ1v) is 6.63. The van der Waals surface area contributed by atoms with Gasteiger partial charge in [-0.05, 0) is 44.9 Å². The van der Waals surface area contributed by atoms with Crippen molar-refractivity contribution >= 4 is 0 Å². The number of hydrogen-bond donors (Lipinski definition) is 2. The Hall–Kier alpha value is -1.06. The van der Waals surface area contributed by atoms with Gasteiger partial charge in [0.2, 0.25) is 0 Å². The van der Waals surface area contributed by atoms with E-state index in [0.717, 1.165) is 24.3 Å². The van der Waals surface area contributed by atoms with Crippen LogP contribution in [-0.2, 0) is 5.54 Å². The Morgan fingerprint density at radius 1 is 1.28 bits per heavy atom. The van der Waals surface area contributed by atoms with Crippen LogP contribution in [0.2, 0.25) is 0 Å². The van der Waals surface area contributed by atoms with Crippen LogP contribution in [0.15, 0.2) is 24.3 Å². The van der Waals surface area contributed by atoms with Gasteiger partial charge in [0.1, 0.15) is 5.75 Å². The third-order valence-electron chi connectivity index (χ3n) is 2.89. The van der Waals surface area contributed by atoms with Crippen molar-refractivity contribution < 1.29 is 9.84 Å². The first-order chi connectivity index (χ1) is 8.51. The third-order valence-corrected chi connectivity index (χ3v) is 2.89. The van der Waals surface area contributed by atoms with Crippen molar-refractivity contribution in [3.63, 3.8) is 0 Å². The molecule has 0 heterocycles. The third kappa shape index (κ3) is 4.00. The molecule has 3 heteroatoms. The highest BCUT2D eigenvalue weighted by Crippen LogP contribution is 2.23. The maximum atomic E-state index is 9.60. The highest BCUT2D eigenvalue weighted by Gasteiger charge is 2.26. The Bertz CT molecular complexity index is 348. The molecule has 102 valence electrons. The van der Waals surface area contributed by atoms with E-state index in [0.29, 0.717) is 6.04 Å². The Morgan fingerprint density at radius 2 is 1.89 bits per heavy atom. The largest absolute Gasteiger partial charge is 0.494 e. The van der Waals surface area contributed by atoms with Crippen molar-refractivity contribution in [3.05, 3.63) is 29.8 Å². The Labute approximate surface area is 110 Å². The van der Waals surface area contributed by atoms with Crippen molar-refractivity contribution in [3.8, 4) is 5.75 Å². The smallest absolute Gasteiger partial charge is 0.119 e. The zero-order chi connectivity index (χ0) is 13.6. The van der Waals surface area contributed by atoms with Crippen LogP contribution < -0.4 is 10.1 Å². The zero-order valence-electron chi connectivity index (χ0n) is 11.9. The molecule has 0 radical (unpaired) electrons. The Morgan fingerprint density at radius 3 is 2.33 bits per heavy atom. The highest BCUT2D eigenvalue weighted by atomic mass is 16.5. The molecule has 1 aromatic carbocycles. The maximum absolute atomic E-state index is 9.60. The van der Waals surface area contributed by atoms with Crippen LogP contribution in [0, 0.1) is 0 Å². The zero-order valence-corrected chi connectivity index (χ0v) is 11.9. The van der Waals surface area contributed by atoms with Crippen LogP contribution in [-0.4, -0.2) is 24.4 Å². The van der Waals surface area contributed by atoms with Gasteiger partial charge in [0.25, 0.3) is 0 Å². The van der Waals surface area contributed by atoms with E-state index in [4.69, 9.17) is 4.74 Å². The second-order valence-corrected chi connectivity index (χ2v) is 5.16. The average Bonchev–Trinajstić information content (AvgIpc) is 2.36. The lowest BCUT2D eigenvalue weighted by Gasteiger charge is -2.31. The highest BCUT2D eigenvalue weighted by molar-refractivity contribution is 5.31. The van der Waals surface area contributed by atoms with Gasteiger partial charge in [-0.1, -0.05) is 19.1 Å². The summed E-state index contributed by atoms with van der Waals surface area (Å²) in [6.45, 7) is 9.05. The molecule has 0 spiro atoms. The van der Waals surface area contributed by atoms with Gasteiger partial charge < -0.3 is 15.2 Å². The molecule has 2 N–H and O–H groups in total. The van der Waals surface area contributed by atoms with E-state index in [1.165, 1.54) is 0 Å². The van der Waals surface area contributed by atoms with E-state index in [1.54, 1.807) is 0 Å². The van der Waals surface area contributed by atoms with Crippen LogP contribution in [0.5, 0.6) is 5.75 Å². The summed E-state index contributed by atoms with van der Waals surface area (Å²) in [7, 11) is 0. The standard InChI is InChI=1S/C15H25NO2/c1-5-10-18-14-8-6-13(7-9-14)15(4,11-17)16-12(2)3/h6-9,12,16-17H,5,10-11H2,1-4H3. The summed E-state index contributed by atoms with van der Waals surface area (Å²) >= 11 is 0. The van der Waals surface area contributed by atoms with Crippen LogP contribution in [0.1, 0.15) is 39.7 Å². The number of aliphatic hydroxyl groups is 1. The molecule has 0 aromatic heterocycles. The molecule has 0 aliphatic heterocycles. The van der Waals surface area contributed by atoms with Crippen molar-refractivity contribution in [2.24, 2.45) is 0 Å². The van der Waals surface area contributed by atoms with Crippen molar-refractivity contribution in [1.82, 2.24) is 5.32 Å². The molecular formula is C15H25NO2. The Balaban J connectivity index is 2.81. The summed E-state index contributed by atoms with van der Waals surface area (Å²) in [5.74, 6) is 0.880. The van der Waals surface area contributed by atoms with Crippen LogP contribution >= 0.6 is 0 Å². The first kappa shape index (κ1) is 15.0. The normalized spacial score (nSPS) is 14.6. The molecule has 1 atom stereocenters. The maximum Gasteiger partial charge on any atom is 0.119 e. The summed E-state index contributed by atoms with van der Waals surface area (Å²) in [6.07, 6.45) is 1.00. The van der Waals surface area contributed by atoms with Gasteiger partial charge in [0.15, 0.2) is 0 Å². The van der Waals surface area contributed by atoms with E-state index in [2.05, 4.69) is 26.1 Å². The minimum absolute atomic E-state index is 0.0698. The molecule has 0 fully saturated rings. The number of rotatable bonds is 7. The molecule has 0 aliphatic rings. The predicted octanol–water partition coefficient (Wildman–Crippen LogP) is 2.68. The second-order valence-electron chi connectivity index (χ2n) is 5.16. The minimum Gasteiger partial charge on any atom is -0.494 e. The lowest BCUT2D eigenvalue weighted by Crippen LogP contribution is -2.46. The van der Waals surface area contributed by atoms with Crippen molar-refractivity contribution in [1.29, 1.82) is 0 Å². The summed E-state index contributed by atoms with van der Waals surface area (Å²) in [6, 6.07) is 8.26. The van der Waals surface area contributed by atoms with Gasteiger partial charge in [0, 0.05) is 6.04 Å². The number of ether oxygens (including phenoxy) is 1. The average molecular weight is 251 g/mol. The van der Waals surface area contributed by atoms with Gasteiger partial charge in [-0.3, -0.25) is 0 Å². The minimum atomic E-state index is -0.405. The fourth-order valence-electron chi connectivity index (χ4n) is 2.00. The van der Waals surface area contributed by atoms with Crippen molar-refractivity contribution in [2.45, 2.75) is 45.7 Å². The van der Waals surface area contributed by atoms with Gasteiger partial charge in [-0.15, -0.1) is 0 Å². The second kappa shape index (κ2) is 6.76. The summed E-state index contributed by atoms with van der Waals surface area (Å²) in [5, 5.41) is 13.0. The number of aliphatic hydroxyl groups excluding tert-OH is 1. The van der Waals surface area contributed by atoms with E-state index in [-0.39, 0.29) is 6.61 Å². The lowest BCUT2D eigenvalue weighted by molar-refractivity contribution is 0.166.